The van der Waals surface area contributed by atoms with E-state index in [4.69, 9.17) is 0 Å². The first kappa shape index (κ1) is 13.2. The molecule has 104 valence electrons. The largest absolute Gasteiger partial charge is 0.322 e. The van der Waals surface area contributed by atoms with Crippen molar-refractivity contribution >= 4 is 38.8 Å². The maximum atomic E-state index is 12.1. The summed E-state index contributed by atoms with van der Waals surface area (Å²) < 4.78 is 0.965. The zero-order chi connectivity index (χ0) is 14.8. The van der Waals surface area contributed by atoms with Crippen LogP contribution in [0.2, 0.25) is 0 Å². The molecule has 0 atom stereocenters. The number of nitro groups is 1. The number of thiazole rings is 1. The Labute approximate surface area is 123 Å². The van der Waals surface area contributed by atoms with Crippen LogP contribution in [0.15, 0.2) is 48.0 Å². The van der Waals surface area contributed by atoms with Crippen LogP contribution in [0.1, 0.15) is 10.4 Å². The molecule has 0 aliphatic rings. The fourth-order valence-electron chi connectivity index (χ4n) is 1.90. The summed E-state index contributed by atoms with van der Waals surface area (Å²) >= 11 is 1.48. The Hall–Kier alpha value is -2.80. The lowest BCUT2D eigenvalue weighted by atomic mass is 10.2. The number of carbonyl (C=O) groups is 1. The van der Waals surface area contributed by atoms with Crippen molar-refractivity contribution < 1.29 is 9.72 Å². The van der Waals surface area contributed by atoms with Crippen LogP contribution in [-0.2, 0) is 0 Å². The molecule has 3 aromatic rings. The van der Waals surface area contributed by atoms with Gasteiger partial charge in [-0.2, -0.15) is 0 Å². The van der Waals surface area contributed by atoms with E-state index in [9.17, 15) is 14.9 Å². The van der Waals surface area contributed by atoms with Crippen molar-refractivity contribution in [2.24, 2.45) is 0 Å². The molecule has 3 rings (SSSR count). The summed E-state index contributed by atoms with van der Waals surface area (Å²) in [5.74, 6) is -0.387. The molecule has 1 heterocycles. The Morgan fingerprint density at radius 2 is 2.10 bits per heavy atom. The molecule has 0 aliphatic heterocycles. The SMILES string of the molecule is O=C(Nc1ccc2ncsc2c1)c1cccc([N+](=O)[O-])c1. The molecule has 0 bridgehead atoms. The Bertz CT molecular complexity index is 844. The lowest BCUT2D eigenvalue weighted by Gasteiger charge is -2.05. The van der Waals surface area contributed by atoms with E-state index in [0.29, 0.717) is 5.69 Å². The Kier molecular flexibility index (Phi) is 3.33. The summed E-state index contributed by atoms with van der Waals surface area (Å²) in [7, 11) is 0. The van der Waals surface area contributed by atoms with Crippen molar-refractivity contribution in [1.29, 1.82) is 0 Å². The monoisotopic (exact) mass is 299 g/mol. The number of nitro benzene ring substituents is 1. The highest BCUT2D eigenvalue weighted by molar-refractivity contribution is 7.16. The number of amides is 1. The molecule has 21 heavy (non-hydrogen) atoms. The van der Waals surface area contributed by atoms with E-state index in [2.05, 4.69) is 10.3 Å². The number of hydrogen-bond donors (Lipinski definition) is 1. The van der Waals surface area contributed by atoms with Gasteiger partial charge in [0.2, 0.25) is 0 Å². The van der Waals surface area contributed by atoms with Crippen molar-refractivity contribution in [3.63, 3.8) is 0 Å². The zero-order valence-corrected chi connectivity index (χ0v) is 11.5. The fraction of sp³-hybridized carbons (Fsp3) is 0. The molecule has 0 spiro atoms. The summed E-state index contributed by atoms with van der Waals surface area (Å²) in [6.45, 7) is 0. The zero-order valence-electron chi connectivity index (χ0n) is 10.6. The molecule has 1 N–H and O–H groups in total. The molecular formula is C14H9N3O3S. The van der Waals surface area contributed by atoms with Crippen LogP contribution in [0.25, 0.3) is 10.2 Å². The van der Waals surface area contributed by atoms with Crippen LogP contribution < -0.4 is 5.32 Å². The minimum atomic E-state index is -0.528. The highest BCUT2D eigenvalue weighted by Crippen LogP contribution is 2.22. The minimum Gasteiger partial charge on any atom is -0.322 e. The van der Waals surface area contributed by atoms with Gasteiger partial charge in [0.15, 0.2) is 0 Å². The molecule has 0 unspecified atom stereocenters. The number of non-ortho nitro benzene ring substituents is 1. The molecule has 6 nitrogen and oxygen atoms in total. The van der Waals surface area contributed by atoms with Crippen molar-refractivity contribution in [3.8, 4) is 0 Å². The summed E-state index contributed by atoms with van der Waals surface area (Å²) in [4.78, 5) is 26.5. The Morgan fingerprint density at radius 3 is 2.90 bits per heavy atom. The molecule has 1 aromatic heterocycles. The highest BCUT2D eigenvalue weighted by atomic mass is 32.1. The third kappa shape index (κ3) is 2.72. The van der Waals surface area contributed by atoms with Crippen LogP contribution in [0.3, 0.4) is 0 Å². The maximum absolute atomic E-state index is 12.1. The number of anilines is 1. The number of aromatic nitrogens is 1. The first-order valence-corrected chi connectivity index (χ1v) is 6.90. The second-order valence-electron chi connectivity index (χ2n) is 4.30. The number of carbonyl (C=O) groups excluding carboxylic acids is 1. The number of benzene rings is 2. The van der Waals surface area contributed by atoms with E-state index in [-0.39, 0.29) is 17.2 Å². The van der Waals surface area contributed by atoms with Crippen LogP contribution >= 0.6 is 11.3 Å². The third-order valence-electron chi connectivity index (χ3n) is 2.91. The van der Waals surface area contributed by atoms with Gasteiger partial charge in [0.05, 0.1) is 20.7 Å². The Balaban J connectivity index is 1.85. The number of nitrogens with zero attached hydrogens (tertiary/aromatic N) is 2. The summed E-state index contributed by atoms with van der Waals surface area (Å²) in [6, 6.07) is 11.0. The van der Waals surface area contributed by atoms with Gasteiger partial charge in [0, 0.05) is 23.4 Å². The van der Waals surface area contributed by atoms with Crippen LogP contribution in [0, 0.1) is 10.1 Å². The first-order chi connectivity index (χ1) is 10.1. The normalized spacial score (nSPS) is 10.5. The number of rotatable bonds is 3. The first-order valence-electron chi connectivity index (χ1n) is 6.02. The van der Waals surface area contributed by atoms with E-state index in [0.717, 1.165) is 10.2 Å². The van der Waals surface area contributed by atoms with Crippen molar-refractivity contribution in [2.45, 2.75) is 0 Å². The van der Waals surface area contributed by atoms with Gasteiger partial charge < -0.3 is 5.32 Å². The van der Waals surface area contributed by atoms with Crippen molar-refractivity contribution in [1.82, 2.24) is 4.98 Å². The summed E-state index contributed by atoms with van der Waals surface area (Å²) in [5.41, 5.74) is 3.36. The van der Waals surface area contributed by atoms with E-state index in [1.54, 1.807) is 11.6 Å². The molecule has 0 aliphatic carbocycles. The predicted molar refractivity (Wildman–Crippen MR) is 80.7 cm³/mol. The Morgan fingerprint density at radius 1 is 1.24 bits per heavy atom. The van der Waals surface area contributed by atoms with Crippen molar-refractivity contribution in [3.05, 3.63) is 63.7 Å². The molecule has 0 fully saturated rings. The molecule has 7 heteroatoms. The van der Waals surface area contributed by atoms with Gasteiger partial charge in [0.25, 0.3) is 11.6 Å². The van der Waals surface area contributed by atoms with Gasteiger partial charge in [0.1, 0.15) is 0 Å². The van der Waals surface area contributed by atoms with Crippen LogP contribution in [0.4, 0.5) is 11.4 Å². The third-order valence-corrected chi connectivity index (χ3v) is 3.70. The minimum absolute atomic E-state index is 0.111. The van der Waals surface area contributed by atoms with Crippen LogP contribution in [0.5, 0.6) is 0 Å². The van der Waals surface area contributed by atoms with E-state index in [1.165, 1.54) is 35.6 Å². The average Bonchev–Trinajstić information content (AvgIpc) is 2.95. The molecular weight excluding hydrogens is 290 g/mol. The topological polar surface area (TPSA) is 85.1 Å². The average molecular weight is 299 g/mol. The second kappa shape index (κ2) is 5.29. The number of fused-ring (bicyclic) bond motifs is 1. The number of nitrogens with one attached hydrogen (secondary N) is 1. The molecule has 0 saturated carbocycles. The van der Waals surface area contributed by atoms with Gasteiger partial charge >= 0.3 is 0 Å². The van der Waals surface area contributed by atoms with Gasteiger partial charge in [-0.3, -0.25) is 14.9 Å². The summed E-state index contributed by atoms with van der Waals surface area (Å²) in [6.07, 6.45) is 0. The molecule has 0 saturated heterocycles. The quantitative estimate of drug-likeness (QED) is 0.593. The second-order valence-corrected chi connectivity index (χ2v) is 5.18. The van der Waals surface area contributed by atoms with E-state index in [1.807, 2.05) is 12.1 Å². The fourth-order valence-corrected chi connectivity index (χ4v) is 2.61. The predicted octanol–water partition coefficient (Wildman–Crippen LogP) is 3.46. The van der Waals surface area contributed by atoms with Gasteiger partial charge in [-0.15, -0.1) is 11.3 Å². The lowest BCUT2D eigenvalue weighted by Crippen LogP contribution is -2.11. The standard InChI is InChI=1S/C14H9N3O3S/c18-14(9-2-1-3-11(6-9)17(19)20)16-10-4-5-12-13(7-10)21-8-15-12/h1-8H,(H,16,18). The molecule has 1 amide bonds. The highest BCUT2D eigenvalue weighted by Gasteiger charge is 2.12. The molecule has 0 radical (unpaired) electrons. The van der Waals surface area contributed by atoms with Crippen molar-refractivity contribution in [2.75, 3.05) is 5.32 Å². The van der Waals surface area contributed by atoms with Gasteiger partial charge in [-0.25, -0.2) is 4.98 Å². The maximum Gasteiger partial charge on any atom is 0.270 e. The van der Waals surface area contributed by atoms with Gasteiger partial charge in [-0.1, -0.05) is 6.07 Å². The van der Waals surface area contributed by atoms with Gasteiger partial charge in [-0.05, 0) is 24.3 Å². The summed E-state index contributed by atoms with van der Waals surface area (Å²) in [5, 5.41) is 13.4. The lowest BCUT2D eigenvalue weighted by molar-refractivity contribution is -0.384. The van der Waals surface area contributed by atoms with Crippen LogP contribution in [-0.4, -0.2) is 15.8 Å². The van der Waals surface area contributed by atoms with E-state index >= 15 is 0 Å². The molecule has 2 aromatic carbocycles. The smallest absolute Gasteiger partial charge is 0.270 e. The van der Waals surface area contributed by atoms with E-state index < -0.39 is 4.92 Å². The number of hydrogen-bond acceptors (Lipinski definition) is 5.